The topological polar surface area (TPSA) is 132 Å². The lowest BCUT2D eigenvalue weighted by atomic mass is 10.1. The van der Waals surface area contributed by atoms with Crippen molar-refractivity contribution in [3.63, 3.8) is 0 Å². The van der Waals surface area contributed by atoms with Gasteiger partial charge in [0.15, 0.2) is 0 Å². The molecule has 0 saturated heterocycles. The minimum atomic E-state index is -4.51. The van der Waals surface area contributed by atoms with E-state index in [4.69, 9.17) is 23.6 Å². The molecule has 3 atom stereocenters. The number of carbonyl (C=O) groups excluding carboxylic acids is 1. The van der Waals surface area contributed by atoms with Crippen molar-refractivity contribution in [3.8, 4) is 0 Å². The Bertz CT molecular complexity index is 872. The van der Waals surface area contributed by atoms with Gasteiger partial charge in [-0.3, -0.25) is 13.8 Å². The van der Waals surface area contributed by atoms with Crippen LogP contribution in [0.25, 0.3) is 0 Å². The van der Waals surface area contributed by atoms with Crippen LogP contribution in [-0.4, -0.2) is 66.3 Å². The minimum Gasteiger partial charge on any atom is -0.457 e. The Kier molecular flexibility index (Phi) is 33.1. The molecule has 0 rings (SSSR count). The Morgan fingerprint density at radius 3 is 1.83 bits per heavy atom. The van der Waals surface area contributed by atoms with Crippen molar-refractivity contribution >= 4 is 13.8 Å². The highest BCUT2D eigenvalue weighted by molar-refractivity contribution is 7.47. The summed E-state index contributed by atoms with van der Waals surface area (Å²) in [4.78, 5) is 22.4. The van der Waals surface area contributed by atoms with E-state index in [1.54, 1.807) is 0 Å². The Morgan fingerprint density at radius 1 is 0.681 bits per heavy atom. The molecule has 0 saturated carbocycles. The second kappa shape index (κ2) is 34.3. The van der Waals surface area contributed by atoms with E-state index in [0.717, 1.165) is 70.6 Å². The molecule has 0 aromatic heterocycles. The van der Waals surface area contributed by atoms with Crippen molar-refractivity contribution in [2.45, 2.75) is 148 Å². The van der Waals surface area contributed by atoms with Gasteiger partial charge in [-0.25, -0.2) is 4.57 Å². The summed E-state index contributed by atoms with van der Waals surface area (Å²) in [5, 5.41) is 18.2. The molecule has 274 valence electrons. The molecular weight excluding hydrogens is 619 g/mol. The average Bonchev–Trinajstić information content (AvgIpc) is 3.06. The molecule has 9 nitrogen and oxygen atoms in total. The summed E-state index contributed by atoms with van der Waals surface area (Å²) in [5.74, 6) is -0.409. The fraction of sp³-hybridized carbons (Fsp3) is 0.757. The highest BCUT2D eigenvalue weighted by atomic mass is 31.2. The normalized spacial score (nSPS) is 14.9. The zero-order valence-electron chi connectivity index (χ0n) is 29.5. The molecule has 10 heteroatoms. The first-order valence-corrected chi connectivity index (χ1v) is 19.6. The van der Waals surface area contributed by atoms with Crippen LogP contribution in [0.3, 0.4) is 0 Å². The summed E-state index contributed by atoms with van der Waals surface area (Å²) >= 11 is 0. The number of hydrogen-bond donors (Lipinski definition) is 3. The maximum absolute atomic E-state index is 12.5. The zero-order valence-corrected chi connectivity index (χ0v) is 30.4. The quantitative estimate of drug-likeness (QED) is 0.0262. The third kappa shape index (κ3) is 34.1. The van der Waals surface area contributed by atoms with Gasteiger partial charge in [0.1, 0.15) is 12.2 Å². The van der Waals surface area contributed by atoms with Crippen molar-refractivity contribution in [2.75, 3.05) is 33.0 Å². The van der Waals surface area contributed by atoms with Gasteiger partial charge in [-0.1, -0.05) is 127 Å². The first kappa shape index (κ1) is 45.4. The molecule has 0 aromatic rings. The Hall–Kier alpha value is -1.58. The molecule has 0 aliphatic heterocycles. The summed E-state index contributed by atoms with van der Waals surface area (Å²) in [7, 11) is -4.51. The number of unbranched alkanes of at least 4 members (excludes halogenated alkanes) is 12. The van der Waals surface area contributed by atoms with E-state index in [1.807, 2.05) is 0 Å². The molecule has 3 unspecified atom stereocenters. The minimum absolute atomic E-state index is 0.0386. The maximum atomic E-state index is 12.5. The Balaban J connectivity index is 4.29. The predicted molar refractivity (Wildman–Crippen MR) is 191 cm³/mol. The van der Waals surface area contributed by atoms with Gasteiger partial charge in [0.2, 0.25) is 0 Å². The first-order valence-electron chi connectivity index (χ1n) is 18.1. The Labute approximate surface area is 286 Å². The lowest BCUT2D eigenvalue weighted by Crippen LogP contribution is -2.29. The van der Waals surface area contributed by atoms with Gasteiger partial charge in [0, 0.05) is 13.0 Å². The van der Waals surface area contributed by atoms with Crippen LogP contribution >= 0.6 is 7.82 Å². The summed E-state index contributed by atoms with van der Waals surface area (Å²) < 4.78 is 33.1. The highest BCUT2D eigenvalue weighted by Crippen LogP contribution is 2.43. The second-order valence-corrected chi connectivity index (χ2v) is 13.3. The lowest BCUT2D eigenvalue weighted by molar-refractivity contribution is -0.154. The number of phosphoric ester groups is 1. The molecule has 3 N–H and O–H groups in total. The Morgan fingerprint density at radius 2 is 1.21 bits per heavy atom. The van der Waals surface area contributed by atoms with Gasteiger partial charge in [0.05, 0.1) is 26.4 Å². The van der Waals surface area contributed by atoms with Crippen LogP contribution in [0.4, 0.5) is 0 Å². The number of aliphatic hydroxyl groups is 2. The first-order chi connectivity index (χ1) is 22.8. The van der Waals surface area contributed by atoms with E-state index in [-0.39, 0.29) is 19.6 Å². The van der Waals surface area contributed by atoms with Gasteiger partial charge in [-0.05, 0) is 51.4 Å². The van der Waals surface area contributed by atoms with E-state index in [9.17, 15) is 19.4 Å². The summed E-state index contributed by atoms with van der Waals surface area (Å²) in [6.45, 7) is 3.33. The van der Waals surface area contributed by atoms with Crippen molar-refractivity contribution in [2.24, 2.45) is 0 Å². The number of ether oxygens (including phenoxy) is 2. The van der Waals surface area contributed by atoms with Gasteiger partial charge in [0.25, 0.3) is 0 Å². The number of aliphatic hydroxyl groups excluding tert-OH is 2. The van der Waals surface area contributed by atoms with E-state index >= 15 is 0 Å². The third-order valence-electron chi connectivity index (χ3n) is 7.28. The van der Waals surface area contributed by atoms with E-state index < -0.39 is 39.2 Å². The van der Waals surface area contributed by atoms with Crippen molar-refractivity contribution in [3.05, 3.63) is 48.6 Å². The smallest absolute Gasteiger partial charge is 0.457 e. The van der Waals surface area contributed by atoms with Gasteiger partial charge >= 0.3 is 13.8 Å². The van der Waals surface area contributed by atoms with E-state index in [2.05, 4.69) is 62.5 Å². The molecule has 0 amide bonds. The molecule has 0 aromatic carbocycles. The van der Waals surface area contributed by atoms with E-state index in [1.165, 1.54) is 38.5 Å². The van der Waals surface area contributed by atoms with Crippen LogP contribution in [0.15, 0.2) is 48.6 Å². The monoisotopic (exact) mass is 686 g/mol. The number of esters is 1. The van der Waals surface area contributed by atoms with Crippen molar-refractivity contribution in [1.29, 1.82) is 0 Å². The molecular formula is C37H67O9P. The summed E-state index contributed by atoms with van der Waals surface area (Å²) in [6, 6.07) is 0. The fourth-order valence-electron chi connectivity index (χ4n) is 4.52. The standard InChI is InChI=1S/C37H67O9P/c1-3-5-7-9-11-13-14-15-16-17-18-19-20-21-23-25-27-29-37(40)46-36(34-45-47(41,42)44-32-35(39)31-38)33-43-30-28-26-24-22-12-10-8-6-4-2/h5,7,11,13,15-16,18-19,35-36,38-39H,3-4,6,8-10,12,14,17,20-34H2,1-2H3,(H,41,42)/b7-5-,13-11-,16-15-,19-18-. The van der Waals surface area contributed by atoms with Crippen LogP contribution < -0.4 is 0 Å². The number of rotatable bonds is 34. The molecule has 0 heterocycles. The largest absolute Gasteiger partial charge is 0.472 e. The van der Waals surface area contributed by atoms with Gasteiger partial charge in [-0.15, -0.1) is 0 Å². The number of phosphoric acid groups is 1. The maximum Gasteiger partial charge on any atom is 0.472 e. The fourth-order valence-corrected chi connectivity index (χ4v) is 5.31. The van der Waals surface area contributed by atoms with Crippen LogP contribution in [0, 0.1) is 0 Å². The third-order valence-corrected chi connectivity index (χ3v) is 8.23. The average molecular weight is 687 g/mol. The molecule has 0 bridgehead atoms. The molecule has 0 aliphatic carbocycles. The van der Waals surface area contributed by atoms with Crippen LogP contribution in [-0.2, 0) is 27.9 Å². The molecule has 0 fully saturated rings. The molecule has 0 radical (unpaired) electrons. The number of carbonyl (C=O) groups is 1. The molecule has 0 spiro atoms. The highest BCUT2D eigenvalue weighted by Gasteiger charge is 2.26. The zero-order chi connectivity index (χ0) is 34.7. The number of allylic oxidation sites excluding steroid dienone is 8. The second-order valence-electron chi connectivity index (χ2n) is 11.9. The summed E-state index contributed by atoms with van der Waals surface area (Å²) in [5.41, 5.74) is 0. The van der Waals surface area contributed by atoms with Crippen LogP contribution in [0.2, 0.25) is 0 Å². The SMILES string of the molecule is CC/C=C\C/C=C\C/C=C\C/C=C\CCCCCCC(=O)OC(COCCCCCCCCCCC)COP(=O)(O)OCC(O)CO. The predicted octanol–water partition coefficient (Wildman–Crippen LogP) is 9.08. The van der Waals surface area contributed by atoms with E-state index in [0.29, 0.717) is 13.0 Å². The van der Waals surface area contributed by atoms with Gasteiger partial charge < -0.3 is 24.6 Å². The van der Waals surface area contributed by atoms with Crippen molar-refractivity contribution < 1.29 is 43.0 Å². The summed E-state index contributed by atoms with van der Waals surface area (Å²) in [6.07, 6.45) is 35.0. The lowest BCUT2D eigenvalue weighted by Gasteiger charge is -2.20. The van der Waals surface area contributed by atoms with Crippen LogP contribution in [0.5, 0.6) is 0 Å². The van der Waals surface area contributed by atoms with Gasteiger partial charge in [-0.2, -0.15) is 0 Å². The molecule has 47 heavy (non-hydrogen) atoms. The molecule has 0 aliphatic rings. The van der Waals surface area contributed by atoms with Crippen molar-refractivity contribution in [1.82, 2.24) is 0 Å². The van der Waals surface area contributed by atoms with Crippen LogP contribution in [0.1, 0.15) is 136 Å². The number of hydrogen-bond acceptors (Lipinski definition) is 8.